The largest absolute Gasteiger partial charge is 0.481 e. The number of rotatable bonds is 4. The van der Waals surface area contributed by atoms with Gasteiger partial charge in [-0.2, -0.15) is 0 Å². The minimum atomic E-state index is -0.745. The highest BCUT2D eigenvalue weighted by Crippen LogP contribution is 2.32. The van der Waals surface area contributed by atoms with E-state index in [4.69, 9.17) is 5.11 Å². The van der Waals surface area contributed by atoms with E-state index in [1.807, 2.05) is 0 Å². The maximum atomic E-state index is 9.37. The molecule has 0 unspecified atom stereocenters. The van der Waals surface area contributed by atoms with Crippen LogP contribution in [0, 0.1) is 0 Å². The van der Waals surface area contributed by atoms with Crippen LogP contribution in [-0.4, -0.2) is 29.6 Å². The van der Waals surface area contributed by atoms with Gasteiger partial charge in [-0.15, -0.1) is 7.92 Å². The van der Waals surface area contributed by atoms with Gasteiger partial charge in [0.25, 0.3) is 0 Å². The van der Waals surface area contributed by atoms with Crippen LogP contribution in [0.4, 0.5) is 0 Å². The van der Waals surface area contributed by atoms with Crippen molar-refractivity contribution in [3.05, 3.63) is 0 Å². The number of carbonyl (C=O) groups is 1. The van der Waals surface area contributed by atoms with E-state index < -0.39 is 5.97 Å². The standard InChI is InChI=1S/C6H15P.C3H6O2/c1-4-7(5-2)6-3;1-2-3(4)5/h4-6H2,1-3H3;2H2,1H3,(H,4,5). The highest BCUT2D eigenvalue weighted by molar-refractivity contribution is 7.57. The van der Waals surface area contributed by atoms with Gasteiger partial charge in [0.2, 0.25) is 0 Å². The Bertz CT molecular complexity index is 95.2. The number of aliphatic carboxylic acids is 1. The second-order valence-corrected chi connectivity index (χ2v) is 5.61. The molecule has 0 aliphatic carbocycles. The third-order valence-corrected chi connectivity index (χ3v) is 4.33. The molecule has 0 heterocycles. The van der Waals surface area contributed by atoms with E-state index in [0.717, 1.165) is 0 Å². The molecule has 0 atom stereocenters. The molecule has 3 heteroatoms. The summed E-state index contributed by atoms with van der Waals surface area (Å²) in [4.78, 5) is 9.37. The quantitative estimate of drug-likeness (QED) is 0.695. The maximum Gasteiger partial charge on any atom is 0.303 e. The molecule has 0 aromatic rings. The Labute approximate surface area is 77.1 Å². The van der Waals surface area contributed by atoms with Gasteiger partial charge in [0.05, 0.1) is 0 Å². The summed E-state index contributed by atoms with van der Waals surface area (Å²) < 4.78 is 0. The van der Waals surface area contributed by atoms with Crippen LogP contribution in [0.2, 0.25) is 0 Å². The molecule has 0 saturated heterocycles. The molecule has 0 spiro atoms. The summed E-state index contributed by atoms with van der Waals surface area (Å²) in [6.07, 6.45) is 4.48. The van der Waals surface area contributed by atoms with Crippen LogP contribution in [0.15, 0.2) is 0 Å². The van der Waals surface area contributed by atoms with Crippen molar-refractivity contribution in [3.8, 4) is 0 Å². The van der Waals surface area contributed by atoms with E-state index in [9.17, 15) is 4.79 Å². The summed E-state index contributed by atoms with van der Waals surface area (Å²) in [7, 11) is 0.446. The predicted molar refractivity (Wildman–Crippen MR) is 56.5 cm³/mol. The minimum absolute atomic E-state index is 0.222. The molecule has 0 aliphatic heterocycles. The third-order valence-electron chi connectivity index (χ3n) is 1.64. The van der Waals surface area contributed by atoms with Gasteiger partial charge in [-0.3, -0.25) is 4.79 Å². The lowest BCUT2D eigenvalue weighted by molar-refractivity contribution is -0.136. The van der Waals surface area contributed by atoms with E-state index in [1.165, 1.54) is 18.5 Å². The molecule has 0 aromatic carbocycles. The highest BCUT2D eigenvalue weighted by atomic mass is 31.1. The lowest BCUT2D eigenvalue weighted by atomic mass is 10.5. The van der Waals surface area contributed by atoms with Crippen molar-refractivity contribution in [2.75, 3.05) is 18.5 Å². The van der Waals surface area contributed by atoms with Gasteiger partial charge < -0.3 is 5.11 Å². The maximum absolute atomic E-state index is 9.37. The van der Waals surface area contributed by atoms with E-state index in [1.54, 1.807) is 6.92 Å². The molecule has 2 nitrogen and oxygen atoms in total. The minimum Gasteiger partial charge on any atom is -0.481 e. The summed E-state index contributed by atoms with van der Waals surface area (Å²) in [5, 5.41) is 7.72. The molecule has 0 bridgehead atoms. The molecule has 0 aliphatic rings. The van der Waals surface area contributed by atoms with E-state index in [-0.39, 0.29) is 6.42 Å². The number of hydrogen-bond acceptors (Lipinski definition) is 1. The Morgan fingerprint density at radius 2 is 1.33 bits per heavy atom. The van der Waals surface area contributed by atoms with Crippen LogP contribution in [0.3, 0.4) is 0 Å². The monoisotopic (exact) mass is 192 g/mol. The van der Waals surface area contributed by atoms with Crippen molar-refractivity contribution < 1.29 is 9.90 Å². The molecular weight excluding hydrogens is 171 g/mol. The van der Waals surface area contributed by atoms with Gasteiger partial charge >= 0.3 is 5.97 Å². The first kappa shape index (κ1) is 14.4. The van der Waals surface area contributed by atoms with E-state index >= 15 is 0 Å². The Balaban J connectivity index is 0. The average Bonchev–Trinajstić information content (AvgIpc) is 2.09. The number of hydrogen-bond donors (Lipinski definition) is 1. The highest BCUT2D eigenvalue weighted by Gasteiger charge is 1.94. The molecule has 1 N–H and O–H groups in total. The topological polar surface area (TPSA) is 37.3 Å². The summed E-state index contributed by atoms with van der Waals surface area (Å²) in [5.74, 6) is -0.745. The van der Waals surface area contributed by atoms with Crippen molar-refractivity contribution >= 4 is 13.9 Å². The molecule has 0 radical (unpaired) electrons. The van der Waals surface area contributed by atoms with Crippen LogP contribution in [0.5, 0.6) is 0 Å². The molecular formula is C9H21O2P. The SMILES string of the molecule is CCC(=O)O.CCP(CC)CC. The van der Waals surface area contributed by atoms with Gasteiger partial charge in [-0.05, 0) is 18.5 Å². The molecule has 0 amide bonds. The summed E-state index contributed by atoms with van der Waals surface area (Å²) in [6, 6.07) is 0. The second kappa shape index (κ2) is 10.9. The Morgan fingerprint density at radius 3 is 1.33 bits per heavy atom. The predicted octanol–water partition coefficient (Wildman–Crippen LogP) is 3.01. The smallest absolute Gasteiger partial charge is 0.303 e. The Kier molecular flexibility index (Phi) is 13.1. The van der Waals surface area contributed by atoms with Gasteiger partial charge in [0.1, 0.15) is 0 Å². The van der Waals surface area contributed by atoms with Crippen molar-refractivity contribution in [1.29, 1.82) is 0 Å². The first-order valence-electron chi connectivity index (χ1n) is 4.56. The first-order chi connectivity index (χ1) is 5.62. The average molecular weight is 192 g/mol. The van der Waals surface area contributed by atoms with Crippen LogP contribution >= 0.6 is 7.92 Å². The van der Waals surface area contributed by atoms with E-state index in [0.29, 0.717) is 7.92 Å². The summed E-state index contributed by atoms with van der Waals surface area (Å²) >= 11 is 0. The molecule has 0 fully saturated rings. The Hall–Kier alpha value is -0.100. The summed E-state index contributed by atoms with van der Waals surface area (Å²) in [5.41, 5.74) is 0. The molecule has 74 valence electrons. The zero-order valence-corrected chi connectivity index (χ0v) is 9.53. The fourth-order valence-electron chi connectivity index (χ4n) is 0.671. The third kappa shape index (κ3) is 12.6. The van der Waals surface area contributed by atoms with Crippen molar-refractivity contribution in [3.63, 3.8) is 0 Å². The molecule has 12 heavy (non-hydrogen) atoms. The van der Waals surface area contributed by atoms with Gasteiger partial charge in [0.15, 0.2) is 0 Å². The number of carboxylic acids is 1. The Morgan fingerprint density at radius 1 is 1.08 bits per heavy atom. The molecule has 0 rings (SSSR count). The van der Waals surface area contributed by atoms with Crippen LogP contribution in [-0.2, 0) is 4.79 Å². The first-order valence-corrected chi connectivity index (χ1v) is 6.46. The molecule has 0 aromatic heterocycles. The van der Waals surface area contributed by atoms with Crippen LogP contribution in [0.1, 0.15) is 34.1 Å². The van der Waals surface area contributed by atoms with Crippen molar-refractivity contribution in [1.82, 2.24) is 0 Å². The van der Waals surface area contributed by atoms with Crippen molar-refractivity contribution in [2.45, 2.75) is 34.1 Å². The van der Waals surface area contributed by atoms with E-state index in [2.05, 4.69) is 20.8 Å². The zero-order chi connectivity index (χ0) is 9.98. The zero-order valence-electron chi connectivity index (χ0n) is 8.63. The van der Waals surface area contributed by atoms with Gasteiger partial charge in [-0.25, -0.2) is 0 Å². The molecule has 0 saturated carbocycles. The van der Waals surface area contributed by atoms with Crippen molar-refractivity contribution in [2.24, 2.45) is 0 Å². The van der Waals surface area contributed by atoms with Crippen LogP contribution in [0.25, 0.3) is 0 Å². The second-order valence-electron chi connectivity index (χ2n) is 2.37. The lowest BCUT2D eigenvalue weighted by Gasteiger charge is -2.07. The number of carboxylic acid groups (broad SMARTS) is 1. The fourth-order valence-corrected chi connectivity index (χ4v) is 2.01. The lowest BCUT2D eigenvalue weighted by Crippen LogP contribution is -1.86. The fraction of sp³-hybridized carbons (Fsp3) is 0.889. The normalized spacial score (nSPS) is 9.08. The summed E-state index contributed by atoms with van der Waals surface area (Å²) in [6.45, 7) is 8.47. The van der Waals surface area contributed by atoms with Gasteiger partial charge in [-0.1, -0.05) is 27.7 Å². The van der Waals surface area contributed by atoms with Gasteiger partial charge in [0, 0.05) is 6.42 Å². The van der Waals surface area contributed by atoms with Crippen LogP contribution < -0.4 is 0 Å².